The molecule has 0 bridgehead atoms. The Morgan fingerprint density at radius 2 is 1.48 bits per heavy atom. The van der Waals surface area contributed by atoms with Gasteiger partial charge in [-0.1, -0.05) is 12.1 Å². The molecule has 2 rings (SSSR count). The third-order valence-corrected chi connectivity index (χ3v) is 3.11. The first kappa shape index (κ1) is 18.1. The van der Waals surface area contributed by atoms with Crippen LogP contribution in [-0.2, 0) is 25.5 Å². The fourth-order valence-corrected chi connectivity index (χ4v) is 2.00. The number of carbonyl (C=O) groups is 3. The number of anilines is 2. The van der Waals surface area contributed by atoms with E-state index >= 15 is 0 Å². The summed E-state index contributed by atoms with van der Waals surface area (Å²) in [4.78, 5) is 34.4. The number of carbonyl (C=O) groups excluding carboxylic acids is 3. The van der Waals surface area contributed by atoms with Gasteiger partial charge in [0.1, 0.15) is 5.82 Å². The lowest BCUT2D eigenvalue weighted by atomic mass is 10.1. The second-order valence-corrected chi connectivity index (χ2v) is 5.27. The topological polar surface area (TPSA) is 84.5 Å². The average Bonchev–Trinajstić information content (AvgIpc) is 2.56. The maximum atomic E-state index is 12.8. The Kier molecular flexibility index (Phi) is 6.22. The number of hydrogen-bond acceptors (Lipinski definition) is 4. The van der Waals surface area contributed by atoms with E-state index in [0.29, 0.717) is 16.9 Å². The zero-order valence-corrected chi connectivity index (χ0v) is 13.5. The molecule has 0 unspecified atom stereocenters. The maximum absolute atomic E-state index is 12.8. The number of amides is 2. The molecule has 0 saturated carbocycles. The zero-order valence-electron chi connectivity index (χ0n) is 13.5. The van der Waals surface area contributed by atoms with Crippen LogP contribution in [0.15, 0.2) is 48.5 Å². The largest absolute Gasteiger partial charge is 0.455 e. The fourth-order valence-electron chi connectivity index (χ4n) is 2.00. The molecule has 0 aliphatic carbocycles. The lowest BCUT2D eigenvalue weighted by Crippen LogP contribution is -2.21. The Labute approximate surface area is 144 Å². The smallest absolute Gasteiger partial charge is 0.310 e. The molecule has 2 amide bonds. The summed E-state index contributed by atoms with van der Waals surface area (Å²) in [6.45, 7) is 0.975. The Morgan fingerprint density at radius 1 is 0.920 bits per heavy atom. The molecule has 2 aromatic carbocycles. The van der Waals surface area contributed by atoms with Crippen LogP contribution >= 0.6 is 0 Å². The first-order chi connectivity index (χ1) is 11.9. The molecule has 0 atom stereocenters. The summed E-state index contributed by atoms with van der Waals surface area (Å²) >= 11 is 0. The molecular weight excluding hydrogens is 327 g/mol. The number of esters is 1. The molecule has 130 valence electrons. The quantitative estimate of drug-likeness (QED) is 0.789. The van der Waals surface area contributed by atoms with E-state index in [1.807, 2.05) is 0 Å². The predicted molar refractivity (Wildman–Crippen MR) is 90.4 cm³/mol. The van der Waals surface area contributed by atoms with Crippen molar-refractivity contribution in [3.05, 3.63) is 59.9 Å². The van der Waals surface area contributed by atoms with Gasteiger partial charge in [-0.15, -0.1) is 0 Å². The van der Waals surface area contributed by atoms with Gasteiger partial charge in [0.25, 0.3) is 5.91 Å². The third kappa shape index (κ3) is 6.42. The lowest BCUT2D eigenvalue weighted by molar-refractivity contribution is -0.146. The monoisotopic (exact) mass is 344 g/mol. The van der Waals surface area contributed by atoms with Crippen molar-refractivity contribution >= 4 is 29.2 Å². The van der Waals surface area contributed by atoms with E-state index in [0.717, 1.165) is 0 Å². The molecule has 0 radical (unpaired) electrons. The lowest BCUT2D eigenvalue weighted by Gasteiger charge is -2.07. The van der Waals surface area contributed by atoms with Gasteiger partial charge in [0.15, 0.2) is 6.61 Å². The fraction of sp³-hybridized carbons (Fsp3) is 0.167. The van der Waals surface area contributed by atoms with Crippen LogP contribution in [0.5, 0.6) is 0 Å². The van der Waals surface area contributed by atoms with Crippen molar-refractivity contribution in [3.63, 3.8) is 0 Å². The normalized spacial score (nSPS) is 10.0. The van der Waals surface area contributed by atoms with Crippen molar-refractivity contribution in [2.45, 2.75) is 13.3 Å². The van der Waals surface area contributed by atoms with Gasteiger partial charge in [0.05, 0.1) is 6.42 Å². The summed E-state index contributed by atoms with van der Waals surface area (Å²) in [5, 5.41) is 5.11. The Balaban J connectivity index is 1.77. The molecule has 0 aliphatic rings. The minimum absolute atomic E-state index is 0.00415. The summed E-state index contributed by atoms with van der Waals surface area (Å²) in [6.07, 6.45) is 0.00415. The first-order valence-corrected chi connectivity index (χ1v) is 7.50. The third-order valence-electron chi connectivity index (χ3n) is 3.11. The summed E-state index contributed by atoms with van der Waals surface area (Å²) < 4.78 is 17.7. The van der Waals surface area contributed by atoms with E-state index in [1.165, 1.54) is 31.2 Å². The van der Waals surface area contributed by atoms with Crippen molar-refractivity contribution < 1.29 is 23.5 Å². The zero-order chi connectivity index (χ0) is 18.2. The van der Waals surface area contributed by atoms with Crippen molar-refractivity contribution in [1.82, 2.24) is 0 Å². The molecular formula is C18H17FN2O4. The molecule has 0 heterocycles. The molecule has 0 fully saturated rings. The summed E-state index contributed by atoms with van der Waals surface area (Å²) in [6, 6.07) is 12.0. The number of rotatable bonds is 6. The highest BCUT2D eigenvalue weighted by molar-refractivity contribution is 5.93. The van der Waals surface area contributed by atoms with Gasteiger partial charge in [-0.25, -0.2) is 4.39 Å². The van der Waals surface area contributed by atoms with Crippen LogP contribution < -0.4 is 10.6 Å². The Morgan fingerprint density at radius 3 is 2.08 bits per heavy atom. The highest BCUT2D eigenvalue weighted by atomic mass is 19.1. The maximum Gasteiger partial charge on any atom is 0.310 e. The van der Waals surface area contributed by atoms with Crippen molar-refractivity contribution in [3.8, 4) is 0 Å². The van der Waals surface area contributed by atoms with Gasteiger partial charge >= 0.3 is 5.97 Å². The summed E-state index contributed by atoms with van der Waals surface area (Å²) in [5.74, 6) is -1.66. The molecule has 25 heavy (non-hydrogen) atoms. The minimum Gasteiger partial charge on any atom is -0.455 e. The number of ether oxygens (including phenoxy) is 1. The molecule has 0 saturated heterocycles. The Hall–Kier alpha value is -3.22. The van der Waals surface area contributed by atoms with Crippen LogP contribution in [0.2, 0.25) is 0 Å². The number of nitrogens with one attached hydrogen (secondary N) is 2. The molecule has 7 heteroatoms. The molecule has 2 aromatic rings. The highest BCUT2D eigenvalue weighted by Crippen LogP contribution is 2.11. The molecule has 2 N–H and O–H groups in total. The van der Waals surface area contributed by atoms with Crippen LogP contribution in [0.1, 0.15) is 12.5 Å². The Bertz CT molecular complexity index is 758. The molecule has 0 spiro atoms. The van der Waals surface area contributed by atoms with E-state index in [4.69, 9.17) is 4.74 Å². The van der Waals surface area contributed by atoms with E-state index < -0.39 is 24.3 Å². The van der Waals surface area contributed by atoms with Crippen molar-refractivity contribution in [2.24, 2.45) is 0 Å². The molecule has 0 aliphatic heterocycles. The van der Waals surface area contributed by atoms with Gasteiger partial charge < -0.3 is 15.4 Å². The van der Waals surface area contributed by atoms with E-state index in [1.54, 1.807) is 24.3 Å². The second-order valence-electron chi connectivity index (χ2n) is 5.27. The van der Waals surface area contributed by atoms with Crippen molar-refractivity contribution in [2.75, 3.05) is 17.2 Å². The highest BCUT2D eigenvalue weighted by Gasteiger charge is 2.09. The number of benzene rings is 2. The van der Waals surface area contributed by atoms with Gasteiger partial charge in [0.2, 0.25) is 5.91 Å². The van der Waals surface area contributed by atoms with E-state index in [-0.39, 0.29) is 12.3 Å². The predicted octanol–water partition coefficient (Wildman–Crippen LogP) is 2.51. The van der Waals surface area contributed by atoms with E-state index in [2.05, 4.69) is 10.6 Å². The average molecular weight is 344 g/mol. The van der Waals surface area contributed by atoms with Gasteiger partial charge in [-0.3, -0.25) is 14.4 Å². The van der Waals surface area contributed by atoms with Gasteiger partial charge in [-0.2, -0.15) is 0 Å². The first-order valence-electron chi connectivity index (χ1n) is 7.50. The second kappa shape index (κ2) is 8.58. The number of hydrogen-bond donors (Lipinski definition) is 2. The van der Waals surface area contributed by atoms with Crippen LogP contribution in [-0.4, -0.2) is 24.4 Å². The minimum atomic E-state index is -0.554. The van der Waals surface area contributed by atoms with E-state index in [9.17, 15) is 18.8 Å². The summed E-state index contributed by atoms with van der Waals surface area (Å²) in [7, 11) is 0. The molecule has 0 aromatic heterocycles. The van der Waals surface area contributed by atoms with Crippen molar-refractivity contribution in [1.29, 1.82) is 0 Å². The van der Waals surface area contributed by atoms with Crippen LogP contribution in [0.3, 0.4) is 0 Å². The summed E-state index contributed by atoms with van der Waals surface area (Å²) in [5.41, 5.74) is 1.73. The SMILES string of the molecule is CC(=O)Nc1ccc(CC(=O)OCC(=O)Nc2ccc(F)cc2)cc1. The standard InChI is InChI=1S/C18H17FN2O4/c1-12(22)20-15-6-2-13(3-7-15)10-18(24)25-11-17(23)21-16-8-4-14(19)5-9-16/h2-9H,10-11H2,1H3,(H,20,22)(H,21,23). The van der Waals surface area contributed by atoms with Gasteiger partial charge in [-0.05, 0) is 42.0 Å². The van der Waals surface area contributed by atoms with Gasteiger partial charge in [0, 0.05) is 18.3 Å². The van der Waals surface area contributed by atoms with Crippen LogP contribution in [0.4, 0.5) is 15.8 Å². The van der Waals surface area contributed by atoms with Crippen LogP contribution in [0, 0.1) is 5.82 Å². The number of halogens is 1. The molecule has 6 nitrogen and oxygen atoms in total. The van der Waals surface area contributed by atoms with Crippen LogP contribution in [0.25, 0.3) is 0 Å².